The van der Waals surface area contributed by atoms with Gasteiger partial charge < -0.3 is 10.1 Å². The van der Waals surface area contributed by atoms with Gasteiger partial charge >= 0.3 is 5.97 Å². The maximum absolute atomic E-state index is 12.5. The number of para-hydroxylation sites is 1. The number of benzene rings is 3. The van der Waals surface area contributed by atoms with Crippen LogP contribution >= 0.6 is 0 Å². The SMILES string of the molecule is O=C(Nc1ccccc1)c1ccccc1C(=O)OCc1ccccc1. The molecule has 0 saturated carbocycles. The minimum absolute atomic E-state index is 0.161. The highest BCUT2D eigenvalue weighted by Crippen LogP contribution is 2.15. The minimum Gasteiger partial charge on any atom is -0.457 e. The number of rotatable bonds is 5. The van der Waals surface area contributed by atoms with Gasteiger partial charge in [0.15, 0.2) is 0 Å². The molecule has 3 aromatic rings. The molecule has 0 radical (unpaired) electrons. The van der Waals surface area contributed by atoms with E-state index in [1.165, 1.54) is 0 Å². The maximum atomic E-state index is 12.5. The molecular formula is C21H17NO3. The molecule has 0 aliphatic carbocycles. The quantitative estimate of drug-likeness (QED) is 0.709. The second-order valence-electron chi connectivity index (χ2n) is 5.43. The van der Waals surface area contributed by atoms with Crippen LogP contribution < -0.4 is 5.32 Å². The lowest BCUT2D eigenvalue weighted by Crippen LogP contribution is -2.17. The first-order valence-corrected chi connectivity index (χ1v) is 7.90. The molecule has 4 nitrogen and oxygen atoms in total. The van der Waals surface area contributed by atoms with Crippen LogP contribution in [0.3, 0.4) is 0 Å². The van der Waals surface area contributed by atoms with Crippen molar-refractivity contribution in [2.24, 2.45) is 0 Å². The molecule has 0 aliphatic rings. The Morgan fingerprint density at radius 3 is 1.96 bits per heavy atom. The third-order valence-electron chi connectivity index (χ3n) is 3.64. The van der Waals surface area contributed by atoms with Crippen LogP contribution in [-0.2, 0) is 11.3 Å². The predicted octanol–water partition coefficient (Wildman–Crippen LogP) is 4.30. The smallest absolute Gasteiger partial charge is 0.339 e. The fourth-order valence-electron chi connectivity index (χ4n) is 2.38. The van der Waals surface area contributed by atoms with Crippen LogP contribution in [0.25, 0.3) is 0 Å². The van der Waals surface area contributed by atoms with E-state index in [0.29, 0.717) is 5.69 Å². The molecule has 124 valence electrons. The molecule has 0 saturated heterocycles. The Labute approximate surface area is 146 Å². The molecule has 0 aliphatic heterocycles. The van der Waals surface area contributed by atoms with Crippen LogP contribution in [0.15, 0.2) is 84.9 Å². The number of hydrogen-bond acceptors (Lipinski definition) is 3. The normalized spacial score (nSPS) is 10.1. The Bertz CT molecular complexity index is 861. The van der Waals surface area contributed by atoms with Gasteiger partial charge in [0.05, 0.1) is 11.1 Å². The van der Waals surface area contributed by atoms with Gasteiger partial charge in [0.1, 0.15) is 6.61 Å². The Balaban J connectivity index is 1.73. The number of amides is 1. The van der Waals surface area contributed by atoms with E-state index in [4.69, 9.17) is 4.74 Å². The molecule has 25 heavy (non-hydrogen) atoms. The molecule has 0 aromatic heterocycles. The van der Waals surface area contributed by atoms with Crippen molar-refractivity contribution in [3.63, 3.8) is 0 Å². The molecule has 3 aromatic carbocycles. The van der Waals surface area contributed by atoms with E-state index in [2.05, 4.69) is 5.32 Å². The van der Waals surface area contributed by atoms with Crippen molar-refractivity contribution < 1.29 is 14.3 Å². The van der Waals surface area contributed by atoms with E-state index >= 15 is 0 Å². The van der Waals surface area contributed by atoms with Gasteiger partial charge in [-0.2, -0.15) is 0 Å². The summed E-state index contributed by atoms with van der Waals surface area (Å²) in [4.78, 5) is 24.9. The molecule has 4 heteroatoms. The second kappa shape index (κ2) is 7.93. The number of carbonyl (C=O) groups is 2. The molecule has 0 fully saturated rings. The standard InChI is InChI=1S/C21H17NO3/c23-20(22-17-11-5-2-6-12-17)18-13-7-8-14-19(18)21(24)25-15-16-9-3-1-4-10-16/h1-14H,15H2,(H,22,23). The van der Waals surface area contributed by atoms with Crippen molar-refractivity contribution in [1.82, 2.24) is 0 Å². The lowest BCUT2D eigenvalue weighted by Gasteiger charge is -2.10. The van der Waals surface area contributed by atoms with Crippen LogP contribution in [0.2, 0.25) is 0 Å². The average Bonchev–Trinajstić information content (AvgIpc) is 2.67. The molecule has 0 heterocycles. The van der Waals surface area contributed by atoms with Crippen molar-refractivity contribution in [2.45, 2.75) is 6.61 Å². The van der Waals surface area contributed by atoms with E-state index < -0.39 is 5.97 Å². The third-order valence-corrected chi connectivity index (χ3v) is 3.64. The molecule has 0 bridgehead atoms. The summed E-state index contributed by atoms with van der Waals surface area (Å²) in [5, 5.41) is 2.78. The minimum atomic E-state index is -0.525. The first-order valence-electron chi connectivity index (χ1n) is 7.90. The summed E-state index contributed by atoms with van der Waals surface area (Å²) in [6, 6.07) is 25.1. The number of hydrogen-bond donors (Lipinski definition) is 1. The Hall–Kier alpha value is -3.40. The van der Waals surface area contributed by atoms with Crippen molar-refractivity contribution >= 4 is 17.6 Å². The first kappa shape index (κ1) is 16.5. The van der Waals surface area contributed by atoms with Gasteiger partial charge in [-0.15, -0.1) is 0 Å². The second-order valence-corrected chi connectivity index (χ2v) is 5.43. The van der Waals surface area contributed by atoms with Gasteiger partial charge in [-0.25, -0.2) is 4.79 Å². The summed E-state index contributed by atoms with van der Waals surface area (Å²) in [6.45, 7) is 0.161. The molecule has 1 amide bonds. The molecule has 0 unspecified atom stereocenters. The van der Waals surface area contributed by atoms with Gasteiger partial charge in [0.25, 0.3) is 5.91 Å². The molecule has 0 spiro atoms. The van der Waals surface area contributed by atoms with Crippen LogP contribution in [0, 0.1) is 0 Å². The van der Waals surface area contributed by atoms with Crippen LogP contribution in [0.5, 0.6) is 0 Å². The van der Waals surface area contributed by atoms with E-state index in [1.54, 1.807) is 36.4 Å². The van der Waals surface area contributed by atoms with Gasteiger partial charge in [-0.1, -0.05) is 60.7 Å². The predicted molar refractivity (Wildman–Crippen MR) is 96.4 cm³/mol. The number of esters is 1. The highest BCUT2D eigenvalue weighted by atomic mass is 16.5. The number of ether oxygens (including phenoxy) is 1. The number of carbonyl (C=O) groups excluding carboxylic acids is 2. The summed E-state index contributed by atoms with van der Waals surface area (Å²) in [7, 11) is 0. The highest BCUT2D eigenvalue weighted by molar-refractivity contribution is 6.11. The number of nitrogens with one attached hydrogen (secondary N) is 1. The van der Waals surface area contributed by atoms with E-state index in [0.717, 1.165) is 5.56 Å². The van der Waals surface area contributed by atoms with Gasteiger partial charge in [0.2, 0.25) is 0 Å². The fourth-order valence-corrected chi connectivity index (χ4v) is 2.38. The Morgan fingerprint density at radius 2 is 1.28 bits per heavy atom. The number of anilines is 1. The lowest BCUT2D eigenvalue weighted by atomic mass is 10.1. The fraction of sp³-hybridized carbons (Fsp3) is 0.0476. The first-order chi connectivity index (χ1) is 12.2. The topological polar surface area (TPSA) is 55.4 Å². The van der Waals surface area contributed by atoms with E-state index in [1.807, 2.05) is 48.5 Å². The van der Waals surface area contributed by atoms with E-state index in [-0.39, 0.29) is 23.6 Å². The van der Waals surface area contributed by atoms with Gasteiger partial charge in [-0.3, -0.25) is 4.79 Å². The van der Waals surface area contributed by atoms with Gasteiger partial charge in [-0.05, 0) is 29.8 Å². The zero-order valence-corrected chi connectivity index (χ0v) is 13.5. The summed E-state index contributed by atoms with van der Waals surface area (Å²) < 4.78 is 5.34. The van der Waals surface area contributed by atoms with Crippen LogP contribution in [-0.4, -0.2) is 11.9 Å². The van der Waals surface area contributed by atoms with Crippen molar-refractivity contribution in [3.8, 4) is 0 Å². The van der Waals surface area contributed by atoms with Gasteiger partial charge in [0, 0.05) is 5.69 Å². The summed E-state index contributed by atoms with van der Waals surface area (Å²) in [6.07, 6.45) is 0. The van der Waals surface area contributed by atoms with E-state index in [9.17, 15) is 9.59 Å². The van der Waals surface area contributed by atoms with Crippen LogP contribution in [0.1, 0.15) is 26.3 Å². The lowest BCUT2D eigenvalue weighted by molar-refractivity contribution is 0.0470. The molecular weight excluding hydrogens is 314 g/mol. The van der Waals surface area contributed by atoms with Crippen molar-refractivity contribution in [3.05, 3.63) is 102 Å². The third kappa shape index (κ3) is 4.32. The van der Waals surface area contributed by atoms with Crippen LogP contribution in [0.4, 0.5) is 5.69 Å². The summed E-state index contributed by atoms with van der Waals surface area (Å²) >= 11 is 0. The Morgan fingerprint density at radius 1 is 0.720 bits per heavy atom. The zero-order valence-electron chi connectivity index (χ0n) is 13.5. The Kier molecular flexibility index (Phi) is 5.22. The average molecular weight is 331 g/mol. The summed E-state index contributed by atoms with van der Waals surface area (Å²) in [5.41, 5.74) is 2.08. The molecule has 3 rings (SSSR count). The molecule has 0 atom stereocenters. The zero-order chi connectivity index (χ0) is 17.5. The maximum Gasteiger partial charge on any atom is 0.339 e. The van der Waals surface area contributed by atoms with Crippen molar-refractivity contribution in [1.29, 1.82) is 0 Å². The monoisotopic (exact) mass is 331 g/mol. The molecule has 1 N–H and O–H groups in total. The van der Waals surface area contributed by atoms with Crippen molar-refractivity contribution in [2.75, 3.05) is 5.32 Å². The highest BCUT2D eigenvalue weighted by Gasteiger charge is 2.18. The summed E-state index contributed by atoms with van der Waals surface area (Å²) in [5.74, 6) is -0.874. The largest absolute Gasteiger partial charge is 0.457 e.